The molecular formula is C16H28N4O2. The van der Waals surface area contributed by atoms with Gasteiger partial charge in [-0.3, -0.25) is 4.79 Å². The molecule has 1 atom stereocenters. The summed E-state index contributed by atoms with van der Waals surface area (Å²) in [7, 11) is 0. The molecule has 0 aromatic rings. The third kappa shape index (κ3) is 6.93. The van der Waals surface area contributed by atoms with Gasteiger partial charge in [-0.25, -0.2) is 0 Å². The monoisotopic (exact) mass is 308 g/mol. The molecule has 1 unspecified atom stereocenters. The summed E-state index contributed by atoms with van der Waals surface area (Å²) in [6.07, 6.45) is 9.37. The van der Waals surface area contributed by atoms with Crippen LogP contribution in [0.1, 0.15) is 58.8 Å². The highest BCUT2D eigenvalue weighted by Crippen LogP contribution is 2.20. The van der Waals surface area contributed by atoms with Crippen molar-refractivity contribution in [2.24, 2.45) is 15.3 Å². The molecule has 1 aliphatic carbocycles. The van der Waals surface area contributed by atoms with Crippen molar-refractivity contribution in [1.82, 2.24) is 5.43 Å². The average Bonchev–Trinajstić information content (AvgIpc) is 2.49. The second-order valence-electron chi connectivity index (χ2n) is 5.60. The van der Waals surface area contributed by atoms with Gasteiger partial charge < -0.3 is 10.5 Å². The van der Waals surface area contributed by atoms with Gasteiger partial charge in [0.15, 0.2) is 5.78 Å². The van der Waals surface area contributed by atoms with E-state index in [1.54, 1.807) is 0 Å². The highest BCUT2D eigenvalue weighted by molar-refractivity contribution is 6.45. The molecule has 0 saturated heterocycles. The number of aliphatic hydroxyl groups is 1. The van der Waals surface area contributed by atoms with Crippen molar-refractivity contribution in [3.05, 3.63) is 12.2 Å². The molecule has 0 aromatic heterocycles. The highest BCUT2D eigenvalue weighted by atomic mass is 16.3. The van der Waals surface area contributed by atoms with Gasteiger partial charge in [-0.2, -0.15) is 15.3 Å². The maximum Gasteiger partial charge on any atom is 0.203 e. The summed E-state index contributed by atoms with van der Waals surface area (Å²) in [5.41, 5.74) is 1.72. The molecule has 1 rings (SSSR count). The van der Waals surface area contributed by atoms with Crippen LogP contribution >= 0.6 is 0 Å². The summed E-state index contributed by atoms with van der Waals surface area (Å²) < 4.78 is 0. The van der Waals surface area contributed by atoms with Crippen LogP contribution in [0.15, 0.2) is 27.5 Å². The summed E-state index contributed by atoms with van der Waals surface area (Å²) in [4.78, 5) is 12.0. The molecule has 0 saturated carbocycles. The number of carbonyl (C=O) groups is 1. The van der Waals surface area contributed by atoms with Crippen LogP contribution < -0.4 is 5.43 Å². The minimum Gasteiger partial charge on any atom is -0.364 e. The van der Waals surface area contributed by atoms with Crippen molar-refractivity contribution in [3.63, 3.8) is 0 Å². The topological polar surface area (TPSA) is 86.4 Å². The number of carbonyl (C=O) groups excluding carboxylic acids is 1. The first-order chi connectivity index (χ1) is 10.6. The lowest BCUT2D eigenvalue weighted by molar-refractivity contribution is -0.116. The summed E-state index contributed by atoms with van der Waals surface area (Å²) in [6, 6.07) is 0. The van der Waals surface area contributed by atoms with E-state index in [1.807, 2.05) is 0 Å². The van der Waals surface area contributed by atoms with Gasteiger partial charge in [0.1, 0.15) is 5.71 Å². The highest BCUT2D eigenvalue weighted by Gasteiger charge is 2.32. The number of nitrogens with zero attached hydrogens (tertiary/aromatic N) is 3. The molecule has 0 bridgehead atoms. The zero-order chi connectivity index (χ0) is 16.3. The van der Waals surface area contributed by atoms with Crippen LogP contribution in [-0.4, -0.2) is 35.4 Å². The number of hydrazone groups is 1. The van der Waals surface area contributed by atoms with Gasteiger partial charge in [0, 0.05) is 6.54 Å². The number of ketones is 1. The van der Waals surface area contributed by atoms with Crippen molar-refractivity contribution in [1.29, 1.82) is 0 Å². The van der Waals surface area contributed by atoms with Crippen molar-refractivity contribution in [2.45, 2.75) is 64.5 Å². The Hall–Kier alpha value is -1.56. The number of unbranched alkanes of at least 4 members (excludes halogenated alkanes) is 4. The van der Waals surface area contributed by atoms with Crippen LogP contribution in [0.4, 0.5) is 0 Å². The number of azo groups is 1. The number of allylic oxidation sites excluding steroid dienone is 1. The van der Waals surface area contributed by atoms with Crippen molar-refractivity contribution >= 4 is 11.5 Å². The Bertz CT molecular complexity index is 432. The Morgan fingerprint density at radius 3 is 2.64 bits per heavy atom. The second kappa shape index (κ2) is 10.2. The van der Waals surface area contributed by atoms with Crippen molar-refractivity contribution in [2.75, 3.05) is 13.1 Å². The number of nitrogens with one attached hydrogen (secondary N) is 1. The van der Waals surface area contributed by atoms with Crippen LogP contribution in [0.25, 0.3) is 0 Å². The number of hydrogen-bond donors (Lipinski definition) is 2. The fourth-order valence-electron chi connectivity index (χ4n) is 2.06. The summed E-state index contributed by atoms with van der Waals surface area (Å²) in [5.74, 6) is -0.222. The maximum atomic E-state index is 12.0. The van der Waals surface area contributed by atoms with Gasteiger partial charge in [0.2, 0.25) is 5.72 Å². The van der Waals surface area contributed by atoms with E-state index in [0.717, 1.165) is 45.1 Å². The van der Waals surface area contributed by atoms with E-state index in [2.05, 4.69) is 34.6 Å². The smallest absolute Gasteiger partial charge is 0.203 e. The molecule has 0 spiro atoms. The molecule has 6 heteroatoms. The van der Waals surface area contributed by atoms with Gasteiger partial charge in [-0.15, -0.1) is 0 Å². The Kier molecular flexibility index (Phi) is 8.58. The predicted molar refractivity (Wildman–Crippen MR) is 87.9 cm³/mol. The van der Waals surface area contributed by atoms with Crippen molar-refractivity contribution < 1.29 is 9.90 Å². The quantitative estimate of drug-likeness (QED) is 0.369. The molecule has 6 nitrogen and oxygen atoms in total. The third-order valence-corrected chi connectivity index (χ3v) is 3.41. The first kappa shape index (κ1) is 18.5. The van der Waals surface area contributed by atoms with E-state index < -0.39 is 5.72 Å². The molecular weight excluding hydrogens is 280 g/mol. The Balaban J connectivity index is 2.47. The van der Waals surface area contributed by atoms with E-state index in [4.69, 9.17) is 0 Å². The molecule has 0 radical (unpaired) electrons. The standard InChI is InChI=1S/C16H28N4O2/c1-3-5-7-11-17-19-14-9-10-16(22,13-15(14)21)20-18-12-8-6-4-2/h9-10,17,22H,3-8,11-13H2,1-2H3. The Morgan fingerprint density at radius 2 is 1.95 bits per heavy atom. The molecule has 2 N–H and O–H groups in total. The minimum absolute atomic E-state index is 0.101. The van der Waals surface area contributed by atoms with Crippen LogP contribution in [0, 0.1) is 0 Å². The summed E-state index contributed by atoms with van der Waals surface area (Å²) in [5, 5.41) is 22.1. The maximum absolute atomic E-state index is 12.0. The van der Waals surface area contributed by atoms with E-state index in [0.29, 0.717) is 12.3 Å². The lowest BCUT2D eigenvalue weighted by Crippen LogP contribution is -2.34. The zero-order valence-corrected chi connectivity index (χ0v) is 13.7. The van der Waals surface area contributed by atoms with Gasteiger partial charge in [0.25, 0.3) is 0 Å². The minimum atomic E-state index is -1.51. The van der Waals surface area contributed by atoms with Crippen LogP contribution in [-0.2, 0) is 4.79 Å². The van der Waals surface area contributed by atoms with Crippen LogP contribution in [0.5, 0.6) is 0 Å². The normalized spacial score (nSPS) is 23.6. The molecule has 0 aromatic carbocycles. The van der Waals surface area contributed by atoms with E-state index in [-0.39, 0.29) is 12.2 Å². The number of rotatable bonds is 10. The second-order valence-corrected chi connectivity index (χ2v) is 5.60. The average molecular weight is 308 g/mol. The molecule has 0 fully saturated rings. The van der Waals surface area contributed by atoms with Crippen molar-refractivity contribution in [3.8, 4) is 0 Å². The summed E-state index contributed by atoms with van der Waals surface area (Å²) >= 11 is 0. The van der Waals surface area contributed by atoms with Gasteiger partial charge in [-0.1, -0.05) is 39.5 Å². The van der Waals surface area contributed by atoms with Gasteiger partial charge >= 0.3 is 0 Å². The summed E-state index contributed by atoms with van der Waals surface area (Å²) in [6.45, 7) is 5.58. The third-order valence-electron chi connectivity index (χ3n) is 3.41. The Morgan fingerprint density at radius 1 is 1.23 bits per heavy atom. The first-order valence-corrected chi connectivity index (χ1v) is 8.25. The molecule has 1 aliphatic rings. The molecule has 124 valence electrons. The lowest BCUT2D eigenvalue weighted by atomic mass is 9.97. The fraction of sp³-hybridized carbons (Fsp3) is 0.750. The first-order valence-electron chi connectivity index (χ1n) is 8.25. The largest absolute Gasteiger partial charge is 0.364 e. The molecule has 0 amide bonds. The lowest BCUT2D eigenvalue weighted by Gasteiger charge is -2.21. The van der Waals surface area contributed by atoms with E-state index in [9.17, 15) is 9.90 Å². The molecule has 0 aliphatic heterocycles. The van der Waals surface area contributed by atoms with E-state index in [1.165, 1.54) is 12.2 Å². The zero-order valence-electron chi connectivity index (χ0n) is 13.7. The van der Waals surface area contributed by atoms with Crippen LogP contribution in [0.2, 0.25) is 0 Å². The predicted octanol–water partition coefficient (Wildman–Crippen LogP) is 2.98. The van der Waals surface area contributed by atoms with Gasteiger partial charge in [-0.05, 0) is 25.0 Å². The number of hydrogen-bond acceptors (Lipinski definition) is 6. The Labute approximate surface area is 132 Å². The molecule has 0 heterocycles. The fourth-order valence-corrected chi connectivity index (χ4v) is 2.06. The molecule has 22 heavy (non-hydrogen) atoms. The SMILES string of the molecule is CCCCCN=NC1(O)C=CC(=NNCCCCC)C(=O)C1. The van der Waals surface area contributed by atoms with Gasteiger partial charge in [0.05, 0.1) is 13.0 Å². The number of Topliss-reactive ketones (excluding diaryl/α,β-unsaturated/α-hetero) is 1. The van der Waals surface area contributed by atoms with E-state index >= 15 is 0 Å². The van der Waals surface area contributed by atoms with Crippen LogP contribution in [0.3, 0.4) is 0 Å².